The molecule has 1 aliphatic rings. The highest BCUT2D eigenvalue weighted by Crippen LogP contribution is 2.40. The molecule has 3 nitrogen and oxygen atoms in total. The van der Waals surface area contributed by atoms with Crippen LogP contribution in [0.2, 0.25) is 0 Å². The minimum atomic E-state index is 0.762. The summed E-state index contributed by atoms with van der Waals surface area (Å²) in [6, 6.07) is 10.7. The Bertz CT molecular complexity index is 603. The first kappa shape index (κ1) is 13.1. The predicted molar refractivity (Wildman–Crippen MR) is 83.0 cm³/mol. The molecule has 0 aliphatic heterocycles. The maximum Gasteiger partial charge on any atom is 0.161 e. The molecule has 1 fully saturated rings. The van der Waals surface area contributed by atoms with Crippen molar-refractivity contribution in [3.63, 3.8) is 0 Å². The van der Waals surface area contributed by atoms with Crippen molar-refractivity contribution < 1.29 is 0 Å². The van der Waals surface area contributed by atoms with Gasteiger partial charge in [-0.25, -0.2) is 9.97 Å². The first-order valence-corrected chi connectivity index (χ1v) is 7.46. The summed E-state index contributed by atoms with van der Waals surface area (Å²) in [5, 5.41) is 3.13. The van der Waals surface area contributed by atoms with Gasteiger partial charge in [0, 0.05) is 24.4 Å². The number of hydrogen-bond acceptors (Lipinski definition) is 3. The predicted octanol–water partition coefficient (Wildman–Crippen LogP) is 4.02. The van der Waals surface area contributed by atoms with Crippen molar-refractivity contribution in [3.8, 4) is 11.4 Å². The second kappa shape index (κ2) is 5.61. The summed E-state index contributed by atoms with van der Waals surface area (Å²) in [5.41, 5.74) is 3.67. The summed E-state index contributed by atoms with van der Waals surface area (Å²) in [5.74, 6) is 2.50. The second-order valence-electron chi connectivity index (χ2n) is 5.47. The average Bonchev–Trinajstić information content (AvgIpc) is 3.32. The van der Waals surface area contributed by atoms with Crippen LogP contribution in [0.5, 0.6) is 0 Å². The Hall–Kier alpha value is -1.90. The van der Waals surface area contributed by atoms with E-state index in [2.05, 4.69) is 41.5 Å². The van der Waals surface area contributed by atoms with E-state index in [1.807, 2.05) is 13.1 Å². The van der Waals surface area contributed by atoms with Crippen LogP contribution in [0.3, 0.4) is 0 Å². The van der Waals surface area contributed by atoms with E-state index in [0.29, 0.717) is 0 Å². The lowest BCUT2D eigenvalue weighted by molar-refractivity contribution is 0.876. The first-order chi connectivity index (χ1) is 9.80. The zero-order valence-electron chi connectivity index (χ0n) is 12.2. The zero-order chi connectivity index (χ0) is 13.9. The number of aryl methyl sites for hydroxylation is 1. The smallest absolute Gasteiger partial charge is 0.161 e. The Balaban J connectivity index is 1.99. The first-order valence-electron chi connectivity index (χ1n) is 7.46. The van der Waals surface area contributed by atoms with Gasteiger partial charge in [-0.05, 0) is 36.8 Å². The Labute approximate surface area is 120 Å². The number of aromatic nitrogens is 2. The van der Waals surface area contributed by atoms with Crippen molar-refractivity contribution in [2.24, 2.45) is 0 Å². The van der Waals surface area contributed by atoms with E-state index >= 15 is 0 Å². The van der Waals surface area contributed by atoms with Crippen LogP contribution >= 0.6 is 0 Å². The minimum Gasteiger partial charge on any atom is -0.373 e. The maximum absolute atomic E-state index is 4.71. The lowest BCUT2D eigenvalue weighted by atomic mass is 10.1. The molecule has 1 N–H and O–H groups in total. The van der Waals surface area contributed by atoms with Gasteiger partial charge in [0.15, 0.2) is 5.82 Å². The average molecular weight is 267 g/mol. The molecule has 2 aromatic rings. The van der Waals surface area contributed by atoms with E-state index in [0.717, 1.165) is 41.7 Å². The molecule has 1 heterocycles. The van der Waals surface area contributed by atoms with Crippen molar-refractivity contribution in [3.05, 3.63) is 41.6 Å². The third kappa shape index (κ3) is 2.82. The van der Waals surface area contributed by atoms with Gasteiger partial charge >= 0.3 is 0 Å². The number of nitrogens with one attached hydrogen (secondary N) is 1. The van der Waals surface area contributed by atoms with E-state index in [4.69, 9.17) is 4.98 Å². The van der Waals surface area contributed by atoms with Gasteiger partial charge in [0.2, 0.25) is 0 Å². The molecule has 0 saturated heterocycles. The molecule has 104 valence electrons. The monoisotopic (exact) mass is 267 g/mol. The van der Waals surface area contributed by atoms with Crippen molar-refractivity contribution in [1.82, 2.24) is 9.97 Å². The fourth-order valence-corrected chi connectivity index (χ4v) is 2.49. The van der Waals surface area contributed by atoms with Gasteiger partial charge in [0.25, 0.3) is 0 Å². The van der Waals surface area contributed by atoms with E-state index in [1.165, 1.54) is 18.4 Å². The Morgan fingerprint density at radius 3 is 2.75 bits per heavy atom. The molecule has 1 aromatic carbocycles. The largest absolute Gasteiger partial charge is 0.373 e. The van der Waals surface area contributed by atoms with Crippen molar-refractivity contribution >= 4 is 5.82 Å². The second-order valence-corrected chi connectivity index (χ2v) is 5.47. The fraction of sp³-hybridized carbons (Fsp3) is 0.412. The van der Waals surface area contributed by atoms with Crippen LogP contribution < -0.4 is 5.32 Å². The number of benzene rings is 1. The standard InChI is InChI=1S/C17H21N3/c1-3-5-15-11-16(18-2)20-17(19-15)14-7-4-6-13(10-14)12-8-9-12/h4,6-7,10-12H,3,5,8-9H2,1-2H3,(H,18,19,20). The molecule has 3 rings (SSSR count). The zero-order valence-corrected chi connectivity index (χ0v) is 12.2. The lowest BCUT2D eigenvalue weighted by Gasteiger charge is -2.08. The molecular formula is C17H21N3. The summed E-state index contributed by atoms with van der Waals surface area (Å²) in [4.78, 5) is 9.31. The third-order valence-electron chi connectivity index (χ3n) is 3.74. The molecular weight excluding hydrogens is 246 g/mol. The van der Waals surface area contributed by atoms with E-state index < -0.39 is 0 Å². The van der Waals surface area contributed by atoms with Gasteiger partial charge in [-0.15, -0.1) is 0 Å². The molecule has 0 bridgehead atoms. The highest BCUT2D eigenvalue weighted by Gasteiger charge is 2.23. The van der Waals surface area contributed by atoms with E-state index in [9.17, 15) is 0 Å². The molecule has 0 radical (unpaired) electrons. The quantitative estimate of drug-likeness (QED) is 0.889. The van der Waals surface area contributed by atoms with Crippen LogP contribution in [-0.2, 0) is 6.42 Å². The van der Waals surface area contributed by atoms with Crippen molar-refractivity contribution in [2.45, 2.75) is 38.5 Å². The molecule has 1 aromatic heterocycles. The highest BCUT2D eigenvalue weighted by molar-refractivity contribution is 5.59. The molecule has 0 unspecified atom stereocenters. The van der Waals surface area contributed by atoms with Crippen molar-refractivity contribution in [1.29, 1.82) is 0 Å². The van der Waals surface area contributed by atoms with Crippen LogP contribution in [-0.4, -0.2) is 17.0 Å². The topological polar surface area (TPSA) is 37.8 Å². The molecule has 0 amide bonds. The van der Waals surface area contributed by atoms with E-state index in [1.54, 1.807) is 0 Å². The van der Waals surface area contributed by atoms with Gasteiger partial charge in [0.05, 0.1) is 0 Å². The third-order valence-corrected chi connectivity index (χ3v) is 3.74. The van der Waals surface area contributed by atoms with Crippen LogP contribution in [0.4, 0.5) is 5.82 Å². The number of anilines is 1. The van der Waals surface area contributed by atoms with Gasteiger partial charge in [-0.1, -0.05) is 31.5 Å². The van der Waals surface area contributed by atoms with Crippen LogP contribution in [0, 0.1) is 0 Å². The van der Waals surface area contributed by atoms with Gasteiger partial charge < -0.3 is 5.32 Å². The van der Waals surface area contributed by atoms with Crippen LogP contribution in [0.15, 0.2) is 30.3 Å². The SMILES string of the molecule is CCCc1cc(NC)nc(-c2cccc(C3CC3)c2)n1. The molecule has 1 saturated carbocycles. The minimum absolute atomic E-state index is 0.762. The lowest BCUT2D eigenvalue weighted by Crippen LogP contribution is -2.01. The normalized spacial score (nSPS) is 14.3. The number of nitrogens with zero attached hydrogens (tertiary/aromatic N) is 2. The summed E-state index contributed by atoms with van der Waals surface area (Å²) in [7, 11) is 1.91. The number of rotatable bonds is 5. The van der Waals surface area contributed by atoms with Gasteiger partial charge in [-0.2, -0.15) is 0 Å². The molecule has 0 spiro atoms. The van der Waals surface area contributed by atoms with Gasteiger partial charge in [0.1, 0.15) is 5.82 Å². The fourth-order valence-electron chi connectivity index (χ4n) is 2.49. The molecule has 0 atom stereocenters. The Morgan fingerprint density at radius 2 is 2.05 bits per heavy atom. The van der Waals surface area contributed by atoms with E-state index in [-0.39, 0.29) is 0 Å². The van der Waals surface area contributed by atoms with Crippen LogP contribution in [0.1, 0.15) is 43.4 Å². The molecule has 1 aliphatic carbocycles. The molecule has 3 heteroatoms. The summed E-state index contributed by atoms with van der Waals surface area (Å²) in [6.45, 7) is 2.18. The van der Waals surface area contributed by atoms with Gasteiger partial charge in [-0.3, -0.25) is 0 Å². The maximum atomic E-state index is 4.71. The molecule has 20 heavy (non-hydrogen) atoms. The van der Waals surface area contributed by atoms with Crippen molar-refractivity contribution in [2.75, 3.05) is 12.4 Å². The van der Waals surface area contributed by atoms with Crippen LogP contribution in [0.25, 0.3) is 11.4 Å². The summed E-state index contributed by atoms with van der Waals surface area (Å²) < 4.78 is 0. The number of hydrogen-bond donors (Lipinski definition) is 1. The highest BCUT2D eigenvalue weighted by atomic mass is 15.0. The summed E-state index contributed by atoms with van der Waals surface area (Å²) >= 11 is 0. The Morgan fingerprint density at radius 1 is 1.20 bits per heavy atom. The summed E-state index contributed by atoms with van der Waals surface area (Å²) in [6.07, 6.45) is 4.73. The Kier molecular flexibility index (Phi) is 3.68.